The summed E-state index contributed by atoms with van der Waals surface area (Å²) in [6.45, 7) is 2.02. The summed E-state index contributed by atoms with van der Waals surface area (Å²) >= 11 is 3.10. The zero-order valence-electron chi connectivity index (χ0n) is 14.6. The lowest BCUT2D eigenvalue weighted by Gasteiger charge is -2.26. The number of para-hydroxylation sites is 1. The smallest absolute Gasteiger partial charge is 0.178 e. The SMILES string of the molecule is CC1=CSC(N)N1c1ncc(Sc2ccccn2)cc1Oc1ccccc1. The van der Waals surface area contributed by atoms with Crippen LogP contribution >= 0.6 is 23.5 Å². The van der Waals surface area contributed by atoms with Gasteiger partial charge in [0.25, 0.3) is 0 Å². The predicted octanol–water partition coefficient (Wildman–Crippen LogP) is 5.08. The van der Waals surface area contributed by atoms with Crippen LogP contribution < -0.4 is 15.4 Å². The number of hydrogen-bond acceptors (Lipinski definition) is 7. The second-order valence-electron chi connectivity index (χ2n) is 5.83. The fourth-order valence-corrected chi connectivity index (χ4v) is 4.26. The van der Waals surface area contributed by atoms with Crippen LogP contribution in [0.5, 0.6) is 11.5 Å². The molecule has 136 valence electrons. The Morgan fingerprint density at radius 2 is 1.93 bits per heavy atom. The zero-order valence-corrected chi connectivity index (χ0v) is 16.3. The lowest BCUT2D eigenvalue weighted by molar-refractivity contribution is 0.478. The molecule has 0 spiro atoms. The Morgan fingerprint density at radius 3 is 2.63 bits per heavy atom. The number of nitrogens with zero attached hydrogens (tertiary/aromatic N) is 3. The van der Waals surface area contributed by atoms with Crippen molar-refractivity contribution in [2.45, 2.75) is 22.3 Å². The highest BCUT2D eigenvalue weighted by atomic mass is 32.2. The largest absolute Gasteiger partial charge is 0.453 e. The molecule has 0 fully saturated rings. The van der Waals surface area contributed by atoms with Gasteiger partial charge in [-0.1, -0.05) is 47.8 Å². The zero-order chi connectivity index (χ0) is 18.6. The van der Waals surface area contributed by atoms with Gasteiger partial charge in [0.05, 0.1) is 0 Å². The lowest BCUT2D eigenvalue weighted by Crippen LogP contribution is -2.35. The minimum atomic E-state index is -0.218. The third-order valence-corrected chi connectivity index (χ3v) is 5.76. The summed E-state index contributed by atoms with van der Waals surface area (Å²) in [4.78, 5) is 12.0. The fourth-order valence-electron chi connectivity index (χ4n) is 2.65. The van der Waals surface area contributed by atoms with Gasteiger partial charge >= 0.3 is 0 Å². The van der Waals surface area contributed by atoms with Gasteiger partial charge < -0.3 is 15.4 Å². The number of nitrogens with two attached hydrogens (primary N) is 1. The Kier molecular flexibility index (Phi) is 5.33. The summed E-state index contributed by atoms with van der Waals surface area (Å²) in [5.41, 5.74) is 7.08. The maximum Gasteiger partial charge on any atom is 0.178 e. The van der Waals surface area contributed by atoms with Crippen LogP contribution in [0, 0.1) is 0 Å². The van der Waals surface area contributed by atoms with E-state index in [1.54, 1.807) is 29.7 Å². The second kappa shape index (κ2) is 8.04. The molecule has 1 atom stereocenters. The molecule has 7 heteroatoms. The molecule has 5 nitrogen and oxygen atoms in total. The normalized spacial score (nSPS) is 16.3. The standard InChI is InChI=1S/C20H18N4OS2/c1-14-13-26-20(21)24(14)19-17(25-15-7-3-2-4-8-15)11-16(12-23-19)27-18-9-5-6-10-22-18/h2-13,20H,21H2,1H3. The lowest BCUT2D eigenvalue weighted by atomic mass is 10.3. The van der Waals surface area contributed by atoms with Crippen molar-refractivity contribution in [2.24, 2.45) is 5.73 Å². The van der Waals surface area contributed by atoms with Gasteiger partial charge in [0, 0.05) is 29.1 Å². The molecule has 2 aromatic heterocycles. The Balaban J connectivity index is 1.71. The van der Waals surface area contributed by atoms with Gasteiger partial charge in [0.2, 0.25) is 0 Å². The van der Waals surface area contributed by atoms with Gasteiger partial charge in [-0.3, -0.25) is 0 Å². The van der Waals surface area contributed by atoms with Crippen LogP contribution in [0.3, 0.4) is 0 Å². The summed E-state index contributed by atoms with van der Waals surface area (Å²) in [7, 11) is 0. The van der Waals surface area contributed by atoms with Crippen molar-refractivity contribution in [3.05, 3.63) is 78.1 Å². The molecule has 4 rings (SSSR count). The molecule has 1 unspecified atom stereocenters. The van der Waals surface area contributed by atoms with Gasteiger partial charge in [-0.15, -0.1) is 0 Å². The third-order valence-electron chi connectivity index (χ3n) is 3.88. The van der Waals surface area contributed by atoms with E-state index in [-0.39, 0.29) is 5.50 Å². The van der Waals surface area contributed by atoms with Crippen molar-refractivity contribution in [2.75, 3.05) is 4.90 Å². The van der Waals surface area contributed by atoms with Crippen molar-refractivity contribution in [3.8, 4) is 11.5 Å². The predicted molar refractivity (Wildman–Crippen MR) is 111 cm³/mol. The number of aromatic nitrogens is 2. The van der Waals surface area contributed by atoms with Crippen molar-refractivity contribution in [1.82, 2.24) is 9.97 Å². The number of pyridine rings is 2. The maximum atomic E-state index is 6.25. The minimum Gasteiger partial charge on any atom is -0.453 e. The van der Waals surface area contributed by atoms with E-state index < -0.39 is 0 Å². The van der Waals surface area contributed by atoms with Crippen molar-refractivity contribution >= 4 is 29.3 Å². The monoisotopic (exact) mass is 394 g/mol. The molecule has 0 aliphatic carbocycles. The Morgan fingerprint density at radius 1 is 1.11 bits per heavy atom. The van der Waals surface area contributed by atoms with Crippen LogP contribution in [0.1, 0.15) is 6.92 Å². The molecule has 0 saturated heterocycles. The van der Waals surface area contributed by atoms with Crippen LogP contribution in [0.4, 0.5) is 5.82 Å². The summed E-state index contributed by atoms with van der Waals surface area (Å²) in [5, 5.41) is 2.94. The molecular formula is C20H18N4OS2. The highest BCUT2D eigenvalue weighted by Crippen LogP contribution is 2.40. The summed E-state index contributed by atoms with van der Waals surface area (Å²) in [6.07, 6.45) is 3.61. The van der Waals surface area contributed by atoms with Crippen LogP contribution in [0.2, 0.25) is 0 Å². The molecule has 0 radical (unpaired) electrons. The molecule has 1 aliphatic heterocycles. The van der Waals surface area contributed by atoms with Crippen molar-refractivity contribution in [3.63, 3.8) is 0 Å². The number of thioether (sulfide) groups is 1. The minimum absolute atomic E-state index is 0.218. The Bertz CT molecular complexity index is 951. The molecule has 3 aromatic rings. The van der Waals surface area contributed by atoms with E-state index in [9.17, 15) is 0 Å². The van der Waals surface area contributed by atoms with E-state index in [0.29, 0.717) is 11.6 Å². The number of allylic oxidation sites excluding steroid dienone is 1. The van der Waals surface area contributed by atoms with Gasteiger partial charge in [0.15, 0.2) is 11.6 Å². The average Bonchev–Trinajstić information content (AvgIpc) is 3.02. The van der Waals surface area contributed by atoms with E-state index in [1.165, 1.54) is 0 Å². The van der Waals surface area contributed by atoms with Crippen LogP contribution in [-0.4, -0.2) is 15.5 Å². The Hall–Kier alpha value is -2.48. The first-order valence-corrected chi connectivity index (χ1v) is 10.2. The van der Waals surface area contributed by atoms with E-state index in [4.69, 9.17) is 10.5 Å². The topological polar surface area (TPSA) is 64.3 Å². The second-order valence-corrected chi connectivity index (χ2v) is 7.92. The first kappa shape index (κ1) is 17.9. The van der Waals surface area contributed by atoms with Gasteiger partial charge in [-0.25, -0.2) is 9.97 Å². The first-order chi connectivity index (χ1) is 13.2. The van der Waals surface area contributed by atoms with Crippen LogP contribution in [0.15, 0.2) is 88.0 Å². The first-order valence-electron chi connectivity index (χ1n) is 8.39. The number of ether oxygens (including phenoxy) is 1. The third kappa shape index (κ3) is 4.10. The van der Waals surface area contributed by atoms with Gasteiger partial charge in [-0.2, -0.15) is 0 Å². The van der Waals surface area contributed by atoms with Crippen LogP contribution in [-0.2, 0) is 0 Å². The highest BCUT2D eigenvalue weighted by Gasteiger charge is 2.27. The Labute approximate surface area is 166 Å². The molecular weight excluding hydrogens is 376 g/mol. The molecule has 3 heterocycles. The number of rotatable bonds is 5. The molecule has 27 heavy (non-hydrogen) atoms. The number of hydrogen-bond donors (Lipinski definition) is 1. The van der Waals surface area contributed by atoms with E-state index in [0.717, 1.165) is 21.4 Å². The summed E-state index contributed by atoms with van der Waals surface area (Å²) in [6, 6.07) is 17.5. The van der Waals surface area contributed by atoms with Gasteiger partial charge in [0.1, 0.15) is 16.3 Å². The molecule has 1 aliphatic rings. The molecule has 0 amide bonds. The van der Waals surface area contributed by atoms with Crippen molar-refractivity contribution < 1.29 is 4.74 Å². The van der Waals surface area contributed by atoms with E-state index in [2.05, 4.69) is 9.97 Å². The summed E-state index contributed by atoms with van der Waals surface area (Å²) in [5.74, 6) is 2.12. The van der Waals surface area contributed by atoms with Crippen molar-refractivity contribution in [1.29, 1.82) is 0 Å². The molecule has 1 aromatic carbocycles. The molecule has 2 N–H and O–H groups in total. The highest BCUT2D eigenvalue weighted by molar-refractivity contribution is 8.03. The van der Waals surface area contributed by atoms with E-state index in [1.807, 2.05) is 78.0 Å². The van der Waals surface area contributed by atoms with E-state index >= 15 is 0 Å². The fraction of sp³-hybridized carbons (Fsp3) is 0.100. The maximum absolute atomic E-state index is 6.25. The number of benzene rings is 1. The van der Waals surface area contributed by atoms with Gasteiger partial charge in [-0.05, 0) is 36.6 Å². The molecule has 0 saturated carbocycles. The average molecular weight is 395 g/mol. The quantitative estimate of drug-likeness (QED) is 0.647. The van der Waals surface area contributed by atoms with Crippen LogP contribution in [0.25, 0.3) is 0 Å². The number of anilines is 1. The molecule has 0 bridgehead atoms. The summed E-state index contributed by atoms with van der Waals surface area (Å²) < 4.78 is 6.17.